The molecule has 0 spiro atoms. The van der Waals surface area contributed by atoms with Crippen molar-refractivity contribution in [1.82, 2.24) is 0 Å². The predicted molar refractivity (Wildman–Crippen MR) is 220 cm³/mol. The Balaban J connectivity index is 1.05. The number of benzene rings is 7. The van der Waals surface area contributed by atoms with Crippen LogP contribution < -0.4 is 0 Å². The van der Waals surface area contributed by atoms with E-state index >= 15 is 0 Å². The van der Waals surface area contributed by atoms with Crippen molar-refractivity contribution in [3.05, 3.63) is 185 Å². The molecule has 0 saturated heterocycles. The smallest absolute Gasteiger partial charge is 0.193 e. The molecule has 52 heavy (non-hydrogen) atoms. The highest BCUT2D eigenvalue weighted by molar-refractivity contribution is 7.99. The van der Waals surface area contributed by atoms with Crippen LogP contribution in [0.2, 0.25) is 0 Å². The first-order valence-corrected chi connectivity index (χ1v) is 19.1. The van der Waals surface area contributed by atoms with Gasteiger partial charge in [0.1, 0.15) is 0 Å². The molecule has 7 aromatic rings. The van der Waals surface area contributed by atoms with Crippen molar-refractivity contribution in [2.45, 2.75) is 53.2 Å². The molecule has 0 N–H and O–H groups in total. The van der Waals surface area contributed by atoms with Crippen molar-refractivity contribution in [2.75, 3.05) is 0 Å². The number of thiol groups is 1. The van der Waals surface area contributed by atoms with Crippen LogP contribution in [0.25, 0.3) is 44.5 Å². The Morgan fingerprint density at radius 2 is 1.10 bits per heavy atom. The maximum absolute atomic E-state index is 13.4. The second-order valence-electron chi connectivity index (χ2n) is 15.0. The SMILES string of the molecule is CC1(C)c2cc(C(=O)c3ccccc3)ccc2-c2cccc(Sc3ccc(-c4cccc(S)c4-c4cccc5c4C(C)(C)c4ccccc4-5)cc3)c21. The van der Waals surface area contributed by atoms with Crippen molar-refractivity contribution >= 4 is 30.2 Å². The molecule has 3 heteroatoms. The molecule has 2 aliphatic rings. The van der Waals surface area contributed by atoms with Crippen LogP contribution in [0.1, 0.15) is 65.9 Å². The summed E-state index contributed by atoms with van der Waals surface area (Å²) in [6.45, 7) is 9.26. The number of fused-ring (bicyclic) bond motifs is 6. The lowest BCUT2D eigenvalue weighted by molar-refractivity contribution is 0.103. The van der Waals surface area contributed by atoms with Crippen LogP contribution in [-0.2, 0) is 10.8 Å². The Kier molecular flexibility index (Phi) is 7.73. The fourth-order valence-electron chi connectivity index (χ4n) is 8.76. The standard InChI is InChI=1S/C49H38OS2/c1-48(2)40-20-9-8-15-35(40)37-17-10-19-39(45(37)48)44-34(16-11-21-42(44)51)30-23-26-33(27-24-30)52-43-22-12-18-38-36-28-25-32(29-41(36)49(3,4)46(38)43)47(50)31-13-6-5-7-14-31/h5-29,51H,1-4H3. The fraction of sp³-hybridized carbons (Fsp3) is 0.122. The van der Waals surface area contributed by atoms with Crippen LogP contribution in [0.3, 0.4) is 0 Å². The summed E-state index contributed by atoms with van der Waals surface area (Å²) >= 11 is 6.87. The van der Waals surface area contributed by atoms with E-state index in [1.165, 1.54) is 76.6 Å². The van der Waals surface area contributed by atoms with Crippen LogP contribution in [0.15, 0.2) is 166 Å². The Labute approximate surface area is 316 Å². The second-order valence-corrected chi connectivity index (χ2v) is 16.6. The molecule has 0 bridgehead atoms. The minimum atomic E-state index is -0.257. The van der Waals surface area contributed by atoms with Crippen molar-refractivity contribution in [1.29, 1.82) is 0 Å². The van der Waals surface area contributed by atoms with E-state index in [2.05, 4.69) is 143 Å². The monoisotopic (exact) mass is 706 g/mol. The van der Waals surface area contributed by atoms with E-state index in [0.717, 1.165) is 10.5 Å². The van der Waals surface area contributed by atoms with E-state index < -0.39 is 0 Å². The minimum Gasteiger partial charge on any atom is -0.289 e. The molecule has 252 valence electrons. The first-order valence-electron chi connectivity index (χ1n) is 17.9. The van der Waals surface area contributed by atoms with Gasteiger partial charge in [-0.15, -0.1) is 12.6 Å². The van der Waals surface area contributed by atoms with Gasteiger partial charge in [0.2, 0.25) is 0 Å². The van der Waals surface area contributed by atoms with E-state index in [4.69, 9.17) is 12.6 Å². The molecule has 0 fully saturated rings. The van der Waals surface area contributed by atoms with Gasteiger partial charge in [0, 0.05) is 42.2 Å². The maximum atomic E-state index is 13.4. The highest BCUT2D eigenvalue weighted by Crippen LogP contribution is 2.55. The normalized spacial score (nSPS) is 14.3. The van der Waals surface area contributed by atoms with Crippen LogP contribution >= 0.6 is 24.4 Å². The third-order valence-electron chi connectivity index (χ3n) is 11.2. The third-order valence-corrected chi connectivity index (χ3v) is 12.7. The number of carbonyl (C=O) groups excluding carboxylic acids is 1. The highest BCUT2D eigenvalue weighted by atomic mass is 32.2. The van der Waals surface area contributed by atoms with Gasteiger partial charge < -0.3 is 0 Å². The molecule has 0 amide bonds. The number of rotatable bonds is 6. The van der Waals surface area contributed by atoms with Crippen LogP contribution in [-0.4, -0.2) is 5.78 Å². The van der Waals surface area contributed by atoms with Crippen LogP contribution in [0, 0.1) is 0 Å². The molecule has 0 heterocycles. The zero-order valence-corrected chi connectivity index (χ0v) is 31.4. The number of hydrogen-bond acceptors (Lipinski definition) is 3. The summed E-state index contributed by atoms with van der Waals surface area (Å²) < 4.78 is 0. The zero-order chi connectivity index (χ0) is 35.8. The Hall–Kier alpha value is -5.09. The van der Waals surface area contributed by atoms with Crippen molar-refractivity contribution in [3.63, 3.8) is 0 Å². The van der Waals surface area contributed by atoms with Gasteiger partial charge in [0.15, 0.2) is 5.78 Å². The molecular formula is C49H38OS2. The Bertz CT molecular complexity index is 2560. The molecule has 2 aliphatic carbocycles. The lowest BCUT2D eigenvalue weighted by Crippen LogP contribution is -2.17. The molecule has 0 radical (unpaired) electrons. The number of hydrogen-bond donors (Lipinski definition) is 1. The van der Waals surface area contributed by atoms with E-state index in [1.807, 2.05) is 48.2 Å². The second kappa shape index (κ2) is 12.3. The zero-order valence-electron chi connectivity index (χ0n) is 29.7. The summed E-state index contributed by atoms with van der Waals surface area (Å²) in [4.78, 5) is 16.8. The average molecular weight is 707 g/mol. The van der Waals surface area contributed by atoms with Gasteiger partial charge in [0.25, 0.3) is 0 Å². The molecular weight excluding hydrogens is 669 g/mol. The molecule has 0 saturated carbocycles. The first kappa shape index (κ1) is 32.8. The lowest BCUT2D eigenvalue weighted by atomic mass is 9.78. The van der Waals surface area contributed by atoms with Crippen molar-refractivity contribution < 1.29 is 4.79 Å². The number of carbonyl (C=O) groups is 1. The van der Waals surface area contributed by atoms with Gasteiger partial charge in [0.05, 0.1) is 0 Å². The molecule has 0 atom stereocenters. The van der Waals surface area contributed by atoms with E-state index in [-0.39, 0.29) is 16.6 Å². The van der Waals surface area contributed by atoms with E-state index in [1.54, 1.807) is 0 Å². The van der Waals surface area contributed by atoms with Gasteiger partial charge in [-0.25, -0.2) is 0 Å². The molecule has 1 nitrogen and oxygen atoms in total. The summed E-state index contributed by atoms with van der Waals surface area (Å²) in [6.07, 6.45) is 0. The maximum Gasteiger partial charge on any atom is 0.193 e. The molecule has 0 unspecified atom stereocenters. The summed E-state index contributed by atoms with van der Waals surface area (Å²) in [5.74, 6) is 0.0573. The van der Waals surface area contributed by atoms with Gasteiger partial charge in [-0.2, -0.15) is 0 Å². The van der Waals surface area contributed by atoms with E-state index in [9.17, 15) is 4.79 Å². The average Bonchev–Trinajstić information content (AvgIpc) is 3.55. The summed E-state index contributed by atoms with van der Waals surface area (Å²) in [6, 6.07) is 53.4. The quantitative estimate of drug-likeness (QED) is 0.137. The first-order chi connectivity index (χ1) is 25.1. The summed E-state index contributed by atoms with van der Waals surface area (Å²) in [5, 5.41) is 0. The van der Waals surface area contributed by atoms with Gasteiger partial charge in [-0.1, -0.05) is 161 Å². The minimum absolute atomic E-state index is 0.0573. The van der Waals surface area contributed by atoms with Crippen LogP contribution in [0.5, 0.6) is 0 Å². The van der Waals surface area contributed by atoms with Gasteiger partial charge in [-0.3, -0.25) is 4.79 Å². The molecule has 7 aromatic carbocycles. The summed E-state index contributed by atoms with van der Waals surface area (Å²) in [7, 11) is 0. The van der Waals surface area contributed by atoms with Gasteiger partial charge in [-0.05, 0) is 91.5 Å². The molecule has 0 aromatic heterocycles. The highest BCUT2D eigenvalue weighted by Gasteiger charge is 2.39. The third kappa shape index (κ3) is 5.05. The topological polar surface area (TPSA) is 17.1 Å². The lowest BCUT2D eigenvalue weighted by Gasteiger charge is -2.26. The Morgan fingerprint density at radius 3 is 1.88 bits per heavy atom. The fourth-order valence-corrected chi connectivity index (χ4v) is 10.2. The van der Waals surface area contributed by atoms with Crippen molar-refractivity contribution in [2.24, 2.45) is 0 Å². The van der Waals surface area contributed by atoms with Crippen LogP contribution in [0.4, 0.5) is 0 Å². The van der Waals surface area contributed by atoms with Gasteiger partial charge >= 0.3 is 0 Å². The van der Waals surface area contributed by atoms with Crippen molar-refractivity contribution in [3.8, 4) is 44.5 Å². The molecule has 0 aliphatic heterocycles. The van der Waals surface area contributed by atoms with E-state index in [0.29, 0.717) is 5.56 Å². The number of ketones is 1. The summed E-state index contributed by atoms with van der Waals surface area (Å²) in [5.41, 5.74) is 16.2. The largest absolute Gasteiger partial charge is 0.289 e. The molecule has 9 rings (SSSR count). The Morgan fingerprint density at radius 1 is 0.500 bits per heavy atom. The predicted octanol–water partition coefficient (Wildman–Crippen LogP) is 13.3.